The number of aryl methyl sites for hydroxylation is 1. The highest BCUT2D eigenvalue weighted by Gasteiger charge is 2.22. The van der Waals surface area contributed by atoms with Gasteiger partial charge in [0.05, 0.1) is 17.5 Å². The summed E-state index contributed by atoms with van der Waals surface area (Å²) < 4.78 is 5.51. The molecule has 1 fully saturated rings. The molecule has 1 saturated carbocycles. The van der Waals surface area contributed by atoms with E-state index in [1.807, 2.05) is 37.3 Å². The summed E-state index contributed by atoms with van der Waals surface area (Å²) in [5.74, 6) is 0. The van der Waals surface area contributed by atoms with Crippen LogP contribution in [0.2, 0.25) is 5.02 Å². The van der Waals surface area contributed by atoms with E-state index in [-0.39, 0.29) is 6.10 Å². The van der Waals surface area contributed by atoms with Crippen molar-refractivity contribution in [2.75, 3.05) is 5.32 Å². The Morgan fingerprint density at radius 2 is 1.88 bits per heavy atom. The fraction of sp³-hybridized carbons (Fsp3) is 0.368. The van der Waals surface area contributed by atoms with Gasteiger partial charge >= 0.3 is 0 Å². The van der Waals surface area contributed by atoms with Crippen LogP contribution in [0.4, 0.5) is 5.69 Å². The number of aromatic nitrogens is 2. The van der Waals surface area contributed by atoms with E-state index in [1.165, 1.54) is 0 Å². The van der Waals surface area contributed by atoms with E-state index in [1.54, 1.807) is 0 Å². The highest BCUT2D eigenvalue weighted by molar-refractivity contribution is 6.30. The van der Waals surface area contributed by atoms with Crippen LogP contribution in [0, 0.1) is 6.92 Å². The number of fused-ring (bicyclic) bond motifs is 1. The quantitative estimate of drug-likeness (QED) is 0.718. The maximum atomic E-state index is 9.71. The molecule has 0 aliphatic heterocycles. The van der Waals surface area contributed by atoms with Gasteiger partial charge < -0.3 is 14.9 Å². The van der Waals surface area contributed by atoms with Crippen LogP contribution in [0.1, 0.15) is 31.4 Å². The van der Waals surface area contributed by atoms with Crippen molar-refractivity contribution < 1.29 is 9.63 Å². The van der Waals surface area contributed by atoms with Crippen LogP contribution in [-0.2, 0) is 0 Å². The summed E-state index contributed by atoms with van der Waals surface area (Å²) in [5.41, 5.74) is 4.97. The summed E-state index contributed by atoms with van der Waals surface area (Å²) in [5, 5.41) is 18.0. The van der Waals surface area contributed by atoms with Gasteiger partial charge in [0.25, 0.3) is 0 Å². The molecule has 0 saturated heterocycles. The predicted molar refractivity (Wildman–Crippen MR) is 98.9 cm³/mol. The summed E-state index contributed by atoms with van der Waals surface area (Å²) in [7, 11) is 0. The first-order valence-corrected chi connectivity index (χ1v) is 8.95. The Morgan fingerprint density at radius 1 is 1.16 bits per heavy atom. The number of pyridine rings is 1. The Balaban J connectivity index is 1.73. The number of aliphatic hydroxyl groups excluding tert-OH is 1. The zero-order valence-electron chi connectivity index (χ0n) is 14.0. The van der Waals surface area contributed by atoms with E-state index < -0.39 is 0 Å². The van der Waals surface area contributed by atoms with Gasteiger partial charge in [0.1, 0.15) is 11.2 Å². The number of benzene rings is 1. The number of halogens is 1. The molecular formula is C19H20ClN3O2. The molecule has 2 N–H and O–H groups in total. The van der Waals surface area contributed by atoms with Gasteiger partial charge in [-0.2, -0.15) is 0 Å². The first kappa shape index (κ1) is 16.4. The molecule has 6 heteroatoms. The number of hydrogen-bond donors (Lipinski definition) is 2. The highest BCUT2D eigenvalue weighted by Crippen LogP contribution is 2.32. The van der Waals surface area contributed by atoms with Gasteiger partial charge in [-0.3, -0.25) is 0 Å². The summed E-state index contributed by atoms with van der Waals surface area (Å²) in [6.07, 6.45) is 3.35. The van der Waals surface area contributed by atoms with E-state index in [4.69, 9.17) is 21.1 Å². The molecule has 3 aromatic rings. The Bertz CT molecular complexity index is 884. The lowest BCUT2D eigenvalue weighted by Gasteiger charge is -2.27. The van der Waals surface area contributed by atoms with Crippen LogP contribution in [0.5, 0.6) is 0 Å². The van der Waals surface area contributed by atoms with Crippen molar-refractivity contribution in [3.8, 4) is 11.3 Å². The molecule has 1 aromatic carbocycles. The lowest BCUT2D eigenvalue weighted by Crippen LogP contribution is -2.28. The van der Waals surface area contributed by atoms with Crippen LogP contribution in [0.3, 0.4) is 0 Å². The molecule has 0 atom stereocenters. The van der Waals surface area contributed by atoms with Crippen LogP contribution >= 0.6 is 11.6 Å². The second-order valence-corrected chi connectivity index (χ2v) is 7.09. The third kappa shape index (κ3) is 3.34. The maximum Gasteiger partial charge on any atom is 0.208 e. The third-order valence-corrected chi connectivity index (χ3v) is 5.04. The first-order chi connectivity index (χ1) is 12.1. The molecule has 5 nitrogen and oxygen atoms in total. The molecule has 0 bridgehead atoms. The van der Waals surface area contributed by atoms with Gasteiger partial charge in [0.2, 0.25) is 5.58 Å². The number of anilines is 1. The van der Waals surface area contributed by atoms with Gasteiger partial charge in [-0.05, 0) is 50.8 Å². The fourth-order valence-corrected chi connectivity index (χ4v) is 3.47. The number of rotatable bonds is 3. The molecule has 4 rings (SSSR count). The summed E-state index contributed by atoms with van der Waals surface area (Å²) in [6.45, 7) is 1.89. The number of hydrogen-bond acceptors (Lipinski definition) is 5. The largest absolute Gasteiger partial charge is 0.393 e. The van der Waals surface area contributed by atoms with Gasteiger partial charge in [0, 0.05) is 16.6 Å². The molecular weight excluding hydrogens is 338 g/mol. The van der Waals surface area contributed by atoms with Crippen molar-refractivity contribution in [3.63, 3.8) is 0 Å². The van der Waals surface area contributed by atoms with E-state index >= 15 is 0 Å². The third-order valence-electron chi connectivity index (χ3n) is 4.79. The predicted octanol–water partition coefficient (Wildman–Crippen LogP) is 4.57. The second kappa shape index (κ2) is 6.65. The monoisotopic (exact) mass is 357 g/mol. The number of nitrogens with zero attached hydrogens (tertiary/aromatic N) is 2. The van der Waals surface area contributed by atoms with Crippen molar-refractivity contribution in [2.45, 2.75) is 44.8 Å². The Labute approximate surface area is 151 Å². The van der Waals surface area contributed by atoms with Crippen LogP contribution in [0.25, 0.3) is 22.4 Å². The lowest BCUT2D eigenvalue weighted by molar-refractivity contribution is 0.126. The van der Waals surface area contributed by atoms with Gasteiger partial charge in [-0.25, -0.2) is 4.98 Å². The summed E-state index contributed by atoms with van der Waals surface area (Å²) in [6, 6.07) is 9.96. The zero-order chi connectivity index (χ0) is 17.4. The number of nitrogens with one attached hydrogen (secondary N) is 1. The Kier molecular flexibility index (Phi) is 4.36. The zero-order valence-corrected chi connectivity index (χ0v) is 14.8. The Morgan fingerprint density at radius 3 is 2.60 bits per heavy atom. The van der Waals surface area contributed by atoms with E-state index in [0.29, 0.717) is 16.6 Å². The fourth-order valence-electron chi connectivity index (χ4n) is 3.34. The highest BCUT2D eigenvalue weighted by atomic mass is 35.5. The minimum Gasteiger partial charge on any atom is -0.393 e. The smallest absolute Gasteiger partial charge is 0.208 e. The standard InChI is InChI=1S/C19H20ClN3O2/c1-11-18-19(25-23-11)17(21-14-6-8-15(24)9-7-14)10-16(22-18)12-2-4-13(20)5-3-12/h2-5,10,14-15,24H,6-9H2,1H3,(H,21,22). The van der Waals surface area contributed by atoms with Gasteiger partial charge in [0.15, 0.2) is 0 Å². The normalized spacial score (nSPS) is 20.8. The first-order valence-electron chi connectivity index (χ1n) is 8.58. The number of aliphatic hydroxyl groups is 1. The molecule has 1 aliphatic carbocycles. The van der Waals surface area contributed by atoms with Crippen molar-refractivity contribution in [3.05, 3.63) is 41.0 Å². The molecule has 2 heterocycles. The molecule has 2 aromatic heterocycles. The van der Waals surface area contributed by atoms with Crippen molar-refractivity contribution in [1.82, 2.24) is 10.1 Å². The molecule has 130 valence electrons. The average Bonchev–Trinajstić information content (AvgIpc) is 2.99. The van der Waals surface area contributed by atoms with Crippen molar-refractivity contribution >= 4 is 28.4 Å². The summed E-state index contributed by atoms with van der Waals surface area (Å²) in [4.78, 5) is 4.72. The molecule has 1 aliphatic rings. The molecule has 0 radical (unpaired) electrons. The van der Waals surface area contributed by atoms with E-state index in [2.05, 4.69) is 10.5 Å². The van der Waals surface area contributed by atoms with E-state index in [9.17, 15) is 5.11 Å². The molecule has 25 heavy (non-hydrogen) atoms. The second-order valence-electron chi connectivity index (χ2n) is 6.66. The van der Waals surface area contributed by atoms with Gasteiger partial charge in [-0.1, -0.05) is 28.9 Å². The molecule has 0 spiro atoms. The van der Waals surface area contributed by atoms with E-state index in [0.717, 1.165) is 53.8 Å². The van der Waals surface area contributed by atoms with Gasteiger partial charge in [-0.15, -0.1) is 0 Å². The molecule has 0 amide bonds. The van der Waals surface area contributed by atoms with Crippen molar-refractivity contribution in [1.29, 1.82) is 0 Å². The molecule has 0 unspecified atom stereocenters. The van der Waals surface area contributed by atoms with Crippen molar-refractivity contribution in [2.24, 2.45) is 0 Å². The maximum absolute atomic E-state index is 9.71. The van der Waals surface area contributed by atoms with Crippen LogP contribution in [-0.4, -0.2) is 27.4 Å². The average molecular weight is 358 g/mol. The summed E-state index contributed by atoms with van der Waals surface area (Å²) >= 11 is 6.00. The SMILES string of the molecule is Cc1noc2c(NC3CCC(O)CC3)cc(-c3ccc(Cl)cc3)nc12. The topological polar surface area (TPSA) is 71.2 Å². The minimum atomic E-state index is -0.173. The minimum absolute atomic E-state index is 0.173. The Hall–Kier alpha value is -2.11. The lowest BCUT2D eigenvalue weighted by atomic mass is 9.93. The van der Waals surface area contributed by atoms with Crippen LogP contribution in [0.15, 0.2) is 34.9 Å². The van der Waals surface area contributed by atoms with Crippen LogP contribution < -0.4 is 5.32 Å².